The summed E-state index contributed by atoms with van der Waals surface area (Å²) in [7, 11) is 0. The molecule has 0 amide bonds. The van der Waals surface area contributed by atoms with Crippen LogP contribution in [0.15, 0.2) is 42.6 Å². The third kappa shape index (κ3) is 2.53. The molecule has 1 N–H and O–H groups in total. The third-order valence-corrected chi connectivity index (χ3v) is 1.76. The van der Waals surface area contributed by atoms with Gasteiger partial charge in [0, 0.05) is 24.7 Å². The normalized spacial score (nSPS) is 13.2. The molecule has 0 atom stereocenters. The van der Waals surface area contributed by atoms with Crippen molar-refractivity contribution in [2.45, 2.75) is 0 Å². The molecule has 2 heterocycles. The SMILES string of the molecule is C1CN1.c1ccc2ncccc2c1. The lowest BCUT2D eigenvalue weighted by Crippen LogP contribution is -1.73. The van der Waals surface area contributed by atoms with Crippen LogP contribution < -0.4 is 5.32 Å². The van der Waals surface area contributed by atoms with Gasteiger partial charge in [0.1, 0.15) is 0 Å². The summed E-state index contributed by atoms with van der Waals surface area (Å²) in [5.74, 6) is 0. The Labute approximate surface area is 77.6 Å². The van der Waals surface area contributed by atoms with E-state index in [4.69, 9.17) is 0 Å². The van der Waals surface area contributed by atoms with E-state index in [1.165, 1.54) is 18.5 Å². The molecule has 0 aliphatic carbocycles. The van der Waals surface area contributed by atoms with E-state index < -0.39 is 0 Å². The summed E-state index contributed by atoms with van der Waals surface area (Å²) < 4.78 is 0. The molecule has 2 heteroatoms. The first-order valence-corrected chi connectivity index (χ1v) is 4.47. The van der Waals surface area contributed by atoms with Crippen molar-refractivity contribution in [3.8, 4) is 0 Å². The molecule has 0 spiro atoms. The lowest BCUT2D eigenvalue weighted by molar-refractivity contribution is 1.34. The van der Waals surface area contributed by atoms with Crippen LogP contribution in [0.1, 0.15) is 0 Å². The van der Waals surface area contributed by atoms with Gasteiger partial charge < -0.3 is 5.32 Å². The summed E-state index contributed by atoms with van der Waals surface area (Å²) in [4.78, 5) is 4.18. The number of nitrogens with one attached hydrogen (secondary N) is 1. The molecule has 3 rings (SSSR count). The van der Waals surface area contributed by atoms with E-state index in [0.717, 1.165) is 5.52 Å². The Morgan fingerprint density at radius 1 is 1.00 bits per heavy atom. The standard InChI is InChI=1S/C9H7N.C2H5N/c1-2-6-9-8(4-1)5-3-7-10-9;1-2-3-1/h1-7H;3H,1-2H2. The van der Waals surface area contributed by atoms with Crippen LogP contribution in [0.3, 0.4) is 0 Å². The summed E-state index contributed by atoms with van der Waals surface area (Å²) >= 11 is 0. The first kappa shape index (κ1) is 8.20. The highest BCUT2D eigenvalue weighted by molar-refractivity contribution is 5.77. The molecule has 1 aliphatic rings. The highest BCUT2D eigenvalue weighted by atomic mass is 15.0. The van der Waals surface area contributed by atoms with Gasteiger partial charge in [0.25, 0.3) is 0 Å². The topological polar surface area (TPSA) is 34.8 Å². The Morgan fingerprint density at radius 3 is 2.38 bits per heavy atom. The summed E-state index contributed by atoms with van der Waals surface area (Å²) in [5.41, 5.74) is 1.06. The van der Waals surface area contributed by atoms with Gasteiger partial charge in [-0.2, -0.15) is 0 Å². The van der Waals surface area contributed by atoms with Gasteiger partial charge >= 0.3 is 0 Å². The number of pyridine rings is 1. The molecular formula is C11H12N2. The predicted octanol–water partition coefficient (Wildman–Crippen LogP) is 1.82. The van der Waals surface area contributed by atoms with Crippen LogP contribution in [0.2, 0.25) is 0 Å². The summed E-state index contributed by atoms with van der Waals surface area (Å²) in [6.07, 6.45) is 1.81. The maximum absolute atomic E-state index is 4.18. The van der Waals surface area contributed by atoms with Crippen molar-refractivity contribution in [2.75, 3.05) is 13.1 Å². The Hall–Kier alpha value is -1.41. The quantitative estimate of drug-likeness (QED) is 0.615. The van der Waals surface area contributed by atoms with E-state index in [1.54, 1.807) is 0 Å². The van der Waals surface area contributed by atoms with Gasteiger partial charge in [0.05, 0.1) is 5.52 Å². The lowest BCUT2D eigenvalue weighted by Gasteiger charge is -1.91. The van der Waals surface area contributed by atoms with Crippen molar-refractivity contribution in [1.29, 1.82) is 0 Å². The van der Waals surface area contributed by atoms with E-state index in [0.29, 0.717) is 0 Å². The summed E-state index contributed by atoms with van der Waals surface area (Å²) in [6.45, 7) is 2.50. The minimum Gasteiger partial charge on any atom is -0.314 e. The number of hydrogen-bond acceptors (Lipinski definition) is 2. The van der Waals surface area contributed by atoms with Crippen LogP contribution in [0.5, 0.6) is 0 Å². The van der Waals surface area contributed by atoms with Gasteiger partial charge in [0.2, 0.25) is 0 Å². The first-order chi connectivity index (χ1) is 6.47. The fourth-order valence-corrected chi connectivity index (χ4v) is 1.02. The lowest BCUT2D eigenvalue weighted by atomic mass is 10.2. The fraction of sp³-hybridized carbons (Fsp3) is 0.182. The van der Waals surface area contributed by atoms with E-state index in [1.807, 2.05) is 30.5 Å². The van der Waals surface area contributed by atoms with Crippen LogP contribution in [-0.2, 0) is 0 Å². The summed E-state index contributed by atoms with van der Waals surface area (Å²) in [5, 5.41) is 4.20. The minimum absolute atomic E-state index is 1.06. The first-order valence-electron chi connectivity index (χ1n) is 4.47. The molecule has 1 fully saturated rings. The molecular weight excluding hydrogens is 160 g/mol. The largest absolute Gasteiger partial charge is 0.314 e. The number of benzene rings is 1. The Kier molecular flexibility index (Phi) is 2.53. The molecule has 1 aromatic carbocycles. The van der Waals surface area contributed by atoms with Crippen LogP contribution in [-0.4, -0.2) is 18.1 Å². The molecule has 2 nitrogen and oxygen atoms in total. The van der Waals surface area contributed by atoms with Crippen LogP contribution >= 0.6 is 0 Å². The second-order valence-corrected chi connectivity index (χ2v) is 2.95. The minimum atomic E-state index is 1.06. The molecule has 2 aromatic rings. The molecule has 66 valence electrons. The van der Waals surface area contributed by atoms with Gasteiger partial charge in [0.15, 0.2) is 0 Å². The second kappa shape index (κ2) is 4.01. The monoisotopic (exact) mass is 172 g/mol. The van der Waals surface area contributed by atoms with Crippen molar-refractivity contribution in [3.05, 3.63) is 42.6 Å². The Balaban J connectivity index is 0.000000185. The van der Waals surface area contributed by atoms with Gasteiger partial charge in [-0.15, -0.1) is 0 Å². The molecule has 0 saturated carbocycles. The number of para-hydroxylation sites is 1. The van der Waals surface area contributed by atoms with Crippen molar-refractivity contribution in [2.24, 2.45) is 0 Å². The van der Waals surface area contributed by atoms with Crippen LogP contribution in [0.4, 0.5) is 0 Å². The highest BCUT2D eigenvalue weighted by Crippen LogP contribution is 2.07. The number of aromatic nitrogens is 1. The molecule has 1 aromatic heterocycles. The summed E-state index contributed by atoms with van der Waals surface area (Å²) in [6, 6.07) is 12.1. The molecule has 0 bridgehead atoms. The van der Waals surface area contributed by atoms with Gasteiger partial charge in [-0.25, -0.2) is 0 Å². The van der Waals surface area contributed by atoms with E-state index in [9.17, 15) is 0 Å². The van der Waals surface area contributed by atoms with Crippen molar-refractivity contribution in [1.82, 2.24) is 10.3 Å². The average Bonchev–Trinajstić information content (AvgIpc) is 3.05. The molecule has 13 heavy (non-hydrogen) atoms. The van der Waals surface area contributed by atoms with Gasteiger partial charge in [-0.1, -0.05) is 24.3 Å². The maximum Gasteiger partial charge on any atom is 0.0701 e. The average molecular weight is 172 g/mol. The third-order valence-electron chi connectivity index (χ3n) is 1.76. The highest BCUT2D eigenvalue weighted by Gasteiger charge is 1.91. The van der Waals surface area contributed by atoms with Crippen LogP contribution in [0, 0.1) is 0 Å². The molecule has 0 unspecified atom stereocenters. The van der Waals surface area contributed by atoms with Crippen molar-refractivity contribution < 1.29 is 0 Å². The number of hydrogen-bond donors (Lipinski definition) is 1. The molecule has 1 saturated heterocycles. The maximum atomic E-state index is 4.18. The zero-order valence-corrected chi connectivity index (χ0v) is 7.40. The Morgan fingerprint density at radius 2 is 1.69 bits per heavy atom. The Bertz CT molecular complexity index is 314. The van der Waals surface area contributed by atoms with Gasteiger partial charge in [-0.3, -0.25) is 4.98 Å². The van der Waals surface area contributed by atoms with Crippen molar-refractivity contribution in [3.63, 3.8) is 0 Å². The molecule has 1 aliphatic heterocycles. The number of nitrogens with zero attached hydrogens (tertiary/aromatic N) is 1. The molecule has 0 radical (unpaired) electrons. The number of fused-ring (bicyclic) bond motifs is 1. The predicted molar refractivity (Wildman–Crippen MR) is 54.6 cm³/mol. The zero-order chi connectivity index (χ0) is 8.93. The van der Waals surface area contributed by atoms with Crippen molar-refractivity contribution >= 4 is 10.9 Å². The second-order valence-electron chi connectivity index (χ2n) is 2.95. The zero-order valence-electron chi connectivity index (χ0n) is 7.40. The van der Waals surface area contributed by atoms with E-state index >= 15 is 0 Å². The van der Waals surface area contributed by atoms with Crippen LogP contribution in [0.25, 0.3) is 10.9 Å². The van der Waals surface area contributed by atoms with Gasteiger partial charge in [-0.05, 0) is 12.1 Å². The van der Waals surface area contributed by atoms with E-state index in [2.05, 4.69) is 22.4 Å². The van der Waals surface area contributed by atoms with E-state index in [-0.39, 0.29) is 0 Å². The fourth-order valence-electron chi connectivity index (χ4n) is 1.02. The smallest absolute Gasteiger partial charge is 0.0701 e. The number of rotatable bonds is 0.